The summed E-state index contributed by atoms with van der Waals surface area (Å²) in [5.74, 6) is 0.104. The van der Waals surface area contributed by atoms with E-state index in [0.29, 0.717) is 6.29 Å². The largest absolute Gasteiger partial charge is 0.492 e. The molecule has 0 saturated heterocycles. The third-order valence-electron chi connectivity index (χ3n) is 1.00. The number of aromatic hydroxyl groups is 1. The predicted molar refractivity (Wildman–Crippen MR) is 30.3 cm³/mol. The molecule has 0 aliphatic heterocycles. The molecule has 0 amide bonds. The predicted octanol–water partition coefficient (Wildman–Crippen LogP) is -0.0618. The van der Waals surface area contributed by atoms with Crippen molar-refractivity contribution in [2.45, 2.75) is 0 Å². The molecule has 0 radical (unpaired) electrons. The van der Waals surface area contributed by atoms with Crippen LogP contribution in [0.25, 0.3) is 0 Å². The highest BCUT2D eigenvalue weighted by atomic mass is 16.3. The van der Waals surface area contributed by atoms with Gasteiger partial charge < -0.3 is 9.67 Å². The maximum atomic E-state index is 10.0. The Morgan fingerprint density at radius 2 is 2.56 bits per heavy atom. The first-order chi connectivity index (χ1) is 4.24. The molecule has 0 aliphatic rings. The minimum absolute atomic E-state index is 0.125. The summed E-state index contributed by atoms with van der Waals surface area (Å²) in [5, 5.41) is 8.67. The Bertz CT molecular complexity index is 229. The van der Waals surface area contributed by atoms with Crippen molar-refractivity contribution in [2.24, 2.45) is 7.05 Å². The van der Waals surface area contributed by atoms with E-state index in [1.165, 1.54) is 10.8 Å². The molecule has 0 atom stereocenters. The Morgan fingerprint density at radius 1 is 1.89 bits per heavy atom. The Balaban J connectivity index is 3.15. The van der Waals surface area contributed by atoms with E-state index in [-0.39, 0.29) is 11.7 Å². The van der Waals surface area contributed by atoms with Crippen molar-refractivity contribution in [2.75, 3.05) is 0 Å². The number of aromatic nitrogens is 2. The van der Waals surface area contributed by atoms with Gasteiger partial charge in [-0.3, -0.25) is 4.79 Å². The van der Waals surface area contributed by atoms with E-state index in [4.69, 9.17) is 5.11 Å². The zero-order valence-electron chi connectivity index (χ0n) is 4.90. The molecule has 1 rings (SSSR count). The Kier molecular flexibility index (Phi) is 1.22. The Morgan fingerprint density at radius 3 is 2.78 bits per heavy atom. The minimum atomic E-state index is -0.125. The molecule has 0 aliphatic carbocycles. The first kappa shape index (κ1) is 5.81. The molecule has 4 nitrogen and oxygen atoms in total. The zero-order valence-corrected chi connectivity index (χ0v) is 4.90. The maximum Gasteiger partial charge on any atom is 0.229 e. The van der Waals surface area contributed by atoms with Gasteiger partial charge in [-0.2, -0.15) is 4.98 Å². The van der Waals surface area contributed by atoms with Crippen LogP contribution in [-0.4, -0.2) is 20.9 Å². The van der Waals surface area contributed by atoms with Crippen LogP contribution in [0.2, 0.25) is 0 Å². The fraction of sp³-hybridized carbons (Fsp3) is 0.200. The smallest absolute Gasteiger partial charge is 0.229 e. The number of imidazole rings is 1. The van der Waals surface area contributed by atoms with Crippen LogP contribution >= 0.6 is 0 Å². The van der Waals surface area contributed by atoms with Crippen molar-refractivity contribution in [3.63, 3.8) is 0 Å². The van der Waals surface area contributed by atoms with Crippen LogP contribution in [0.5, 0.6) is 5.88 Å². The van der Waals surface area contributed by atoms with Gasteiger partial charge in [0.2, 0.25) is 5.88 Å². The second kappa shape index (κ2) is 1.89. The third kappa shape index (κ3) is 0.910. The molecule has 48 valence electrons. The summed E-state index contributed by atoms with van der Waals surface area (Å²) in [5.41, 5.74) is 0. The lowest BCUT2D eigenvalue weighted by atomic mass is 10.7. The molecule has 0 bridgehead atoms. The van der Waals surface area contributed by atoms with Gasteiger partial charge in [0.15, 0.2) is 12.1 Å². The van der Waals surface area contributed by atoms with E-state index in [1.807, 2.05) is 0 Å². The average Bonchev–Trinajstić information content (AvgIpc) is 2.10. The molecule has 1 N–H and O–H groups in total. The van der Waals surface area contributed by atoms with Crippen LogP contribution in [0.15, 0.2) is 6.20 Å². The molecular weight excluding hydrogens is 120 g/mol. The quantitative estimate of drug-likeness (QED) is 0.536. The van der Waals surface area contributed by atoms with Gasteiger partial charge in [0.05, 0.1) is 6.20 Å². The van der Waals surface area contributed by atoms with Crippen molar-refractivity contribution in [3.05, 3.63) is 12.0 Å². The van der Waals surface area contributed by atoms with Crippen molar-refractivity contribution in [3.8, 4) is 5.88 Å². The zero-order chi connectivity index (χ0) is 6.85. The van der Waals surface area contributed by atoms with Crippen molar-refractivity contribution in [1.82, 2.24) is 9.55 Å². The molecule has 0 unspecified atom stereocenters. The van der Waals surface area contributed by atoms with Crippen molar-refractivity contribution < 1.29 is 9.90 Å². The third-order valence-corrected chi connectivity index (χ3v) is 1.00. The number of aldehydes is 1. The van der Waals surface area contributed by atoms with Crippen LogP contribution in [0.3, 0.4) is 0 Å². The van der Waals surface area contributed by atoms with Crippen LogP contribution in [0, 0.1) is 0 Å². The molecular formula is C5H6N2O2. The maximum absolute atomic E-state index is 10.0. The number of rotatable bonds is 1. The lowest BCUT2D eigenvalue weighted by Crippen LogP contribution is -1.92. The normalized spacial score (nSPS) is 9.44. The Labute approximate surface area is 51.8 Å². The van der Waals surface area contributed by atoms with Crippen LogP contribution < -0.4 is 0 Å². The second-order valence-corrected chi connectivity index (χ2v) is 1.69. The topological polar surface area (TPSA) is 55.1 Å². The minimum Gasteiger partial charge on any atom is -0.492 e. The Hall–Kier alpha value is -1.32. The number of nitrogens with zero attached hydrogens (tertiary/aromatic N) is 2. The highest BCUT2D eigenvalue weighted by molar-refractivity contribution is 5.69. The monoisotopic (exact) mass is 126 g/mol. The van der Waals surface area contributed by atoms with Crippen LogP contribution in [-0.2, 0) is 7.05 Å². The fourth-order valence-electron chi connectivity index (χ4n) is 0.574. The SMILES string of the molecule is Cn1cc(O)nc1C=O. The highest BCUT2D eigenvalue weighted by Gasteiger charge is 1.99. The van der Waals surface area contributed by atoms with E-state index in [2.05, 4.69) is 4.98 Å². The summed E-state index contributed by atoms with van der Waals surface area (Å²) in [6.07, 6.45) is 1.95. The summed E-state index contributed by atoms with van der Waals surface area (Å²) in [4.78, 5) is 13.5. The van der Waals surface area contributed by atoms with E-state index in [0.717, 1.165) is 0 Å². The van der Waals surface area contributed by atoms with Crippen LogP contribution in [0.4, 0.5) is 0 Å². The van der Waals surface area contributed by atoms with E-state index < -0.39 is 0 Å². The van der Waals surface area contributed by atoms with E-state index in [9.17, 15) is 4.79 Å². The summed E-state index contributed by atoms with van der Waals surface area (Å²) in [6, 6.07) is 0. The number of carbonyl (C=O) groups is 1. The lowest BCUT2D eigenvalue weighted by molar-refractivity contribution is 0.111. The molecule has 0 fully saturated rings. The van der Waals surface area contributed by atoms with Gasteiger partial charge in [-0.1, -0.05) is 0 Å². The van der Waals surface area contributed by atoms with Gasteiger partial charge in [-0.05, 0) is 0 Å². The van der Waals surface area contributed by atoms with Gasteiger partial charge in [0.25, 0.3) is 0 Å². The molecule has 4 heteroatoms. The molecule has 0 saturated carbocycles. The molecule has 0 spiro atoms. The first-order valence-electron chi connectivity index (χ1n) is 2.41. The standard InChI is InChI=1S/C5H6N2O2/c1-7-2-5(9)6-4(7)3-8/h2-3,9H,1H3. The van der Waals surface area contributed by atoms with Gasteiger partial charge in [-0.15, -0.1) is 0 Å². The average molecular weight is 126 g/mol. The number of hydrogen-bond acceptors (Lipinski definition) is 3. The van der Waals surface area contributed by atoms with E-state index >= 15 is 0 Å². The first-order valence-corrected chi connectivity index (χ1v) is 2.41. The van der Waals surface area contributed by atoms with E-state index in [1.54, 1.807) is 7.05 Å². The summed E-state index contributed by atoms with van der Waals surface area (Å²) < 4.78 is 1.45. The number of carbonyl (C=O) groups excluding carboxylic acids is 1. The molecule has 1 heterocycles. The van der Waals surface area contributed by atoms with Crippen molar-refractivity contribution in [1.29, 1.82) is 0 Å². The number of aryl methyl sites for hydroxylation is 1. The second-order valence-electron chi connectivity index (χ2n) is 1.69. The van der Waals surface area contributed by atoms with Gasteiger partial charge in [0, 0.05) is 7.05 Å². The molecule has 1 aromatic rings. The molecule has 9 heavy (non-hydrogen) atoms. The fourth-order valence-corrected chi connectivity index (χ4v) is 0.574. The summed E-state index contributed by atoms with van der Waals surface area (Å²) >= 11 is 0. The summed E-state index contributed by atoms with van der Waals surface area (Å²) in [6.45, 7) is 0. The van der Waals surface area contributed by atoms with Gasteiger partial charge >= 0.3 is 0 Å². The lowest BCUT2D eigenvalue weighted by Gasteiger charge is -1.85. The molecule has 1 aromatic heterocycles. The van der Waals surface area contributed by atoms with Gasteiger partial charge in [0.1, 0.15) is 0 Å². The van der Waals surface area contributed by atoms with Gasteiger partial charge in [-0.25, -0.2) is 0 Å². The molecule has 0 aromatic carbocycles. The van der Waals surface area contributed by atoms with Crippen molar-refractivity contribution >= 4 is 6.29 Å². The van der Waals surface area contributed by atoms with Crippen LogP contribution in [0.1, 0.15) is 10.6 Å². The number of hydrogen-bond donors (Lipinski definition) is 1. The highest BCUT2D eigenvalue weighted by Crippen LogP contribution is 2.03. The summed E-state index contributed by atoms with van der Waals surface area (Å²) in [7, 11) is 1.64.